The van der Waals surface area contributed by atoms with E-state index in [-0.39, 0.29) is 12.4 Å². The molecule has 0 aromatic carbocycles. The predicted molar refractivity (Wildman–Crippen MR) is 37.1 cm³/mol. The van der Waals surface area contributed by atoms with E-state index in [0.29, 0.717) is 0 Å². The lowest BCUT2D eigenvalue weighted by Crippen LogP contribution is -3.00. The summed E-state index contributed by atoms with van der Waals surface area (Å²) in [5.74, 6) is 0. The van der Waals surface area contributed by atoms with Crippen LogP contribution in [-0.2, 0) is 7.05 Å². The van der Waals surface area contributed by atoms with E-state index in [1.54, 1.807) is 0 Å². The molecule has 0 saturated carbocycles. The maximum Gasteiger partial charge on any atom is 0.178 e. The highest BCUT2D eigenvalue weighted by molar-refractivity contribution is 5.00. The van der Waals surface area contributed by atoms with Crippen molar-refractivity contribution in [1.82, 2.24) is 0 Å². The van der Waals surface area contributed by atoms with Crippen LogP contribution >= 0.6 is 0 Å². The van der Waals surface area contributed by atoms with Gasteiger partial charge in [-0.3, -0.25) is 0 Å². The summed E-state index contributed by atoms with van der Waals surface area (Å²) in [5.41, 5.74) is 2.60. The quantitative estimate of drug-likeness (QED) is 0.389. The molecule has 0 fully saturated rings. The SMILES string of the molecule is Cc1cccc(C)[n+]1C.[Cl-]. The second kappa shape index (κ2) is 3.57. The average molecular weight is 158 g/mol. The molecule has 1 nitrogen and oxygen atoms in total. The molecule has 0 aliphatic carbocycles. The molecular weight excluding hydrogens is 146 g/mol. The Bertz CT molecular complexity index is 200. The van der Waals surface area contributed by atoms with Crippen molar-refractivity contribution in [3.8, 4) is 0 Å². The predicted octanol–water partition coefficient (Wildman–Crippen LogP) is -1.87. The number of nitrogens with zero attached hydrogens (tertiary/aromatic N) is 1. The van der Waals surface area contributed by atoms with Crippen molar-refractivity contribution in [3.63, 3.8) is 0 Å². The standard InChI is InChI=1S/C8H12N.ClH/c1-7-5-4-6-8(2)9(7)3;/h4-6H,1-3H3;1H/q+1;/p-1. The molecular formula is C8H12ClN. The second-order valence-corrected chi connectivity index (χ2v) is 2.37. The molecule has 0 bridgehead atoms. The van der Waals surface area contributed by atoms with Crippen molar-refractivity contribution in [2.75, 3.05) is 0 Å². The van der Waals surface area contributed by atoms with Gasteiger partial charge in [0.2, 0.25) is 0 Å². The fourth-order valence-corrected chi connectivity index (χ4v) is 0.828. The van der Waals surface area contributed by atoms with Gasteiger partial charge in [-0.1, -0.05) is 0 Å². The first-order valence-corrected chi connectivity index (χ1v) is 3.14. The zero-order chi connectivity index (χ0) is 6.85. The second-order valence-electron chi connectivity index (χ2n) is 2.37. The number of halogens is 1. The Morgan fingerprint density at radius 3 is 1.80 bits per heavy atom. The summed E-state index contributed by atoms with van der Waals surface area (Å²) in [6, 6.07) is 6.28. The molecule has 0 aliphatic rings. The maximum absolute atomic E-state index is 2.17. The van der Waals surface area contributed by atoms with Crippen molar-refractivity contribution in [2.24, 2.45) is 7.05 Å². The number of hydrogen-bond donors (Lipinski definition) is 0. The van der Waals surface area contributed by atoms with Crippen molar-refractivity contribution in [3.05, 3.63) is 29.6 Å². The Morgan fingerprint density at radius 2 is 1.50 bits per heavy atom. The van der Waals surface area contributed by atoms with E-state index in [4.69, 9.17) is 0 Å². The summed E-state index contributed by atoms with van der Waals surface area (Å²) in [6.07, 6.45) is 0. The van der Waals surface area contributed by atoms with E-state index < -0.39 is 0 Å². The van der Waals surface area contributed by atoms with Crippen LogP contribution in [0.3, 0.4) is 0 Å². The summed E-state index contributed by atoms with van der Waals surface area (Å²) < 4.78 is 2.17. The molecule has 0 unspecified atom stereocenters. The molecule has 0 amide bonds. The van der Waals surface area contributed by atoms with Gasteiger partial charge in [0.05, 0.1) is 0 Å². The van der Waals surface area contributed by atoms with Crippen molar-refractivity contribution >= 4 is 0 Å². The first kappa shape index (κ1) is 9.44. The molecule has 56 valence electrons. The monoisotopic (exact) mass is 157 g/mol. The minimum atomic E-state index is 0. The number of pyridine rings is 1. The first-order chi connectivity index (χ1) is 4.22. The van der Waals surface area contributed by atoms with E-state index in [2.05, 4.69) is 43.7 Å². The Hall–Kier alpha value is -0.560. The molecule has 1 rings (SSSR count). The van der Waals surface area contributed by atoms with E-state index in [1.165, 1.54) is 11.4 Å². The zero-order valence-corrected chi connectivity index (χ0v) is 7.31. The Morgan fingerprint density at radius 1 is 1.10 bits per heavy atom. The highest BCUT2D eigenvalue weighted by atomic mass is 35.5. The number of hydrogen-bond acceptors (Lipinski definition) is 0. The van der Waals surface area contributed by atoms with Crippen LogP contribution in [0, 0.1) is 13.8 Å². The van der Waals surface area contributed by atoms with Gasteiger partial charge in [-0.2, -0.15) is 0 Å². The van der Waals surface area contributed by atoms with E-state index in [9.17, 15) is 0 Å². The van der Waals surface area contributed by atoms with Gasteiger partial charge in [-0.15, -0.1) is 0 Å². The average Bonchev–Trinajstić information content (AvgIpc) is 1.83. The molecule has 2 heteroatoms. The smallest absolute Gasteiger partial charge is 0.178 e. The third-order valence-corrected chi connectivity index (χ3v) is 1.73. The van der Waals surface area contributed by atoms with Crippen LogP contribution < -0.4 is 17.0 Å². The lowest BCUT2D eigenvalue weighted by Gasteiger charge is -1.94. The zero-order valence-electron chi connectivity index (χ0n) is 6.56. The van der Waals surface area contributed by atoms with Gasteiger partial charge >= 0.3 is 0 Å². The Kier molecular flexibility index (Phi) is 3.37. The summed E-state index contributed by atoms with van der Waals surface area (Å²) in [5, 5.41) is 0. The van der Waals surface area contributed by atoms with Gasteiger partial charge in [-0.25, -0.2) is 4.57 Å². The van der Waals surface area contributed by atoms with Crippen LogP contribution in [-0.4, -0.2) is 0 Å². The normalized spacial score (nSPS) is 8.70. The third-order valence-electron chi connectivity index (χ3n) is 1.73. The van der Waals surface area contributed by atoms with Crippen LogP contribution in [0.4, 0.5) is 0 Å². The molecule has 0 radical (unpaired) electrons. The van der Waals surface area contributed by atoms with Crippen molar-refractivity contribution in [2.45, 2.75) is 13.8 Å². The Balaban J connectivity index is 0.000000810. The minimum Gasteiger partial charge on any atom is -1.00 e. The summed E-state index contributed by atoms with van der Waals surface area (Å²) in [4.78, 5) is 0. The lowest BCUT2D eigenvalue weighted by molar-refractivity contribution is -0.683. The van der Waals surface area contributed by atoms with Crippen molar-refractivity contribution in [1.29, 1.82) is 0 Å². The maximum atomic E-state index is 2.17. The van der Waals surface area contributed by atoms with Gasteiger partial charge in [0.1, 0.15) is 7.05 Å². The van der Waals surface area contributed by atoms with Crippen LogP contribution in [0.25, 0.3) is 0 Å². The van der Waals surface area contributed by atoms with Gasteiger partial charge < -0.3 is 12.4 Å². The minimum absolute atomic E-state index is 0. The number of rotatable bonds is 0. The van der Waals surface area contributed by atoms with Crippen molar-refractivity contribution < 1.29 is 17.0 Å². The number of aromatic nitrogens is 1. The van der Waals surface area contributed by atoms with E-state index >= 15 is 0 Å². The van der Waals surface area contributed by atoms with Crippen LogP contribution in [0.5, 0.6) is 0 Å². The highest BCUT2D eigenvalue weighted by Crippen LogP contribution is 1.90. The molecule has 0 spiro atoms. The van der Waals surface area contributed by atoms with E-state index in [1.807, 2.05) is 0 Å². The van der Waals surface area contributed by atoms with Gasteiger partial charge in [0, 0.05) is 26.0 Å². The molecule has 10 heavy (non-hydrogen) atoms. The van der Waals surface area contributed by atoms with Gasteiger partial charge in [-0.05, 0) is 6.07 Å². The topological polar surface area (TPSA) is 3.88 Å². The molecule has 1 heterocycles. The molecule has 0 N–H and O–H groups in total. The fourth-order valence-electron chi connectivity index (χ4n) is 0.828. The largest absolute Gasteiger partial charge is 1.00 e. The van der Waals surface area contributed by atoms with Gasteiger partial charge in [0.25, 0.3) is 0 Å². The summed E-state index contributed by atoms with van der Waals surface area (Å²) in [6.45, 7) is 4.21. The molecule has 1 aromatic heterocycles. The summed E-state index contributed by atoms with van der Waals surface area (Å²) in [7, 11) is 2.07. The van der Waals surface area contributed by atoms with Gasteiger partial charge in [0.15, 0.2) is 11.4 Å². The number of aryl methyl sites for hydroxylation is 2. The van der Waals surface area contributed by atoms with Crippen LogP contribution in [0.1, 0.15) is 11.4 Å². The molecule has 0 atom stereocenters. The highest BCUT2D eigenvalue weighted by Gasteiger charge is 2.00. The molecule has 0 saturated heterocycles. The van der Waals surface area contributed by atoms with Crippen LogP contribution in [0.2, 0.25) is 0 Å². The lowest BCUT2D eigenvalue weighted by atomic mass is 10.3. The molecule has 1 aromatic rings. The van der Waals surface area contributed by atoms with E-state index in [0.717, 1.165) is 0 Å². The first-order valence-electron chi connectivity index (χ1n) is 3.14. The molecule has 0 aliphatic heterocycles. The fraction of sp³-hybridized carbons (Fsp3) is 0.375. The van der Waals surface area contributed by atoms with Crippen LogP contribution in [0.15, 0.2) is 18.2 Å². The third kappa shape index (κ3) is 1.71. The Labute approximate surface area is 68.1 Å². The summed E-state index contributed by atoms with van der Waals surface area (Å²) >= 11 is 0.